The lowest BCUT2D eigenvalue weighted by Gasteiger charge is -2.43. The van der Waals surface area contributed by atoms with E-state index in [1.807, 2.05) is 0 Å². The highest BCUT2D eigenvalue weighted by atomic mass is 32.2. The van der Waals surface area contributed by atoms with Crippen LogP contribution in [0.4, 0.5) is 0 Å². The van der Waals surface area contributed by atoms with Gasteiger partial charge in [-0.1, -0.05) is 0 Å². The van der Waals surface area contributed by atoms with E-state index in [2.05, 4.69) is 12.6 Å². The molecule has 2 aliphatic heterocycles. The number of β-lactam (4-membered cyclic amide) rings is 1. The molecule has 0 bridgehead atoms. The van der Waals surface area contributed by atoms with E-state index >= 15 is 0 Å². The molecule has 0 spiro atoms. The first-order valence-corrected chi connectivity index (χ1v) is 5.73. The first-order valence-electron chi connectivity index (χ1n) is 4.16. The van der Waals surface area contributed by atoms with Crippen molar-refractivity contribution >= 4 is 36.3 Å². The SMILES string of the molecule is O=C(O)C1=CN2C(=O)C[C@H]2SC1CS. The second-order valence-corrected chi connectivity index (χ2v) is 4.91. The van der Waals surface area contributed by atoms with Crippen molar-refractivity contribution in [2.24, 2.45) is 0 Å². The number of amides is 1. The molecule has 1 unspecified atom stereocenters. The van der Waals surface area contributed by atoms with E-state index in [-0.39, 0.29) is 22.1 Å². The Morgan fingerprint density at radius 1 is 1.79 bits per heavy atom. The van der Waals surface area contributed by atoms with E-state index in [1.54, 1.807) is 0 Å². The Morgan fingerprint density at radius 3 is 3.00 bits per heavy atom. The number of carbonyl (C=O) groups is 2. The molecular formula is C8H9NO3S2. The van der Waals surface area contributed by atoms with E-state index in [0.717, 1.165) is 0 Å². The molecule has 2 atom stereocenters. The molecule has 0 aromatic carbocycles. The monoisotopic (exact) mass is 231 g/mol. The fraction of sp³-hybridized carbons (Fsp3) is 0.500. The summed E-state index contributed by atoms with van der Waals surface area (Å²) in [6.07, 6.45) is 1.97. The molecule has 0 aromatic heterocycles. The van der Waals surface area contributed by atoms with Crippen molar-refractivity contribution in [3.05, 3.63) is 11.8 Å². The maximum Gasteiger partial charge on any atom is 0.334 e. The molecule has 6 heteroatoms. The number of thioether (sulfide) groups is 1. The number of carbonyl (C=O) groups excluding carboxylic acids is 1. The van der Waals surface area contributed by atoms with E-state index in [0.29, 0.717) is 12.2 Å². The predicted molar refractivity (Wildman–Crippen MR) is 56.2 cm³/mol. The van der Waals surface area contributed by atoms with Gasteiger partial charge in [-0.2, -0.15) is 12.6 Å². The van der Waals surface area contributed by atoms with Gasteiger partial charge in [-0.15, -0.1) is 11.8 Å². The molecule has 76 valence electrons. The molecular weight excluding hydrogens is 222 g/mol. The van der Waals surface area contributed by atoms with Gasteiger partial charge in [0.15, 0.2) is 0 Å². The topological polar surface area (TPSA) is 57.6 Å². The Kier molecular flexibility index (Phi) is 2.48. The molecule has 4 nitrogen and oxygen atoms in total. The molecule has 1 fully saturated rings. The summed E-state index contributed by atoms with van der Waals surface area (Å²) in [5.41, 5.74) is 0.273. The zero-order valence-corrected chi connectivity index (χ0v) is 8.92. The van der Waals surface area contributed by atoms with Crippen molar-refractivity contribution in [2.45, 2.75) is 17.0 Å². The highest BCUT2D eigenvalue weighted by Gasteiger charge is 2.42. The highest BCUT2D eigenvalue weighted by molar-refractivity contribution is 8.01. The van der Waals surface area contributed by atoms with Gasteiger partial charge >= 0.3 is 5.97 Å². The van der Waals surface area contributed by atoms with Crippen molar-refractivity contribution in [3.8, 4) is 0 Å². The molecule has 0 saturated carbocycles. The lowest BCUT2D eigenvalue weighted by Crippen LogP contribution is -2.51. The normalized spacial score (nSPS) is 30.5. The Bertz CT molecular complexity index is 329. The summed E-state index contributed by atoms with van der Waals surface area (Å²) in [5.74, 6) is -0.477. The number of nitrogens with zero attached hydrogens (tertiary/aromatic N) is 1. The third kappa shape index (κ3) is 1.42. The van der Waals surface area contributed by atoms with Gasteiger partial charge < -0.3 is 10.0 Å². The molecule has 14 heavy (non-hydrogen) atoms. The van der Waals surface area contributed by atoms with Crippen molar-refractivity contribution in [1.29, 1.82) is 0 Å². The zero-order chi connectivity index (χ0) is 10.3. The van der Waals surface area contributed by atoms with Crippen LogP contribution in [0.2, 0.25) is 0 Å². The number of hydrogen-bond donors (Lipinski definition) is 2. The van der Waals surface area contributed by atoms with Crippen LogP contribution in [-0.4, -0.2) is 38.3 Å². The average Bonchev–Trinajstić information content (AvgIpc) is 2.14. The van der Waals surface area contributed by atoms with Crippen LogP contribution in [0.15, 0.2) is 11.8 Å². The summed E-state index contributed by atoms with van der Waals surface area (Å²) >= 11 is 5.61. The van der Waals surface area contributed by atoms with Gasteiger partial charge in [0.1, 0.15) is 0 Å². The maximum absolute atomic E-state index is 11.1. The Morgan fingerprint density at radius 2 is 2.50 bits per heavy atom. The number of carboxylic acid groups (broad SMARTS) is 1. The summed E-state index contributed by atoms with van der Waals surface area (Å²) in [7, 11) is 0. The molecule has 1 saturated heterocycles. The second-order valence-electron chi connectivity index (χ2n) is 3.16. The van der Waals surface area contributed by atoms with Gasteiger partial charge in [0, 0.05) is 17.2 Å². The molecule has 2 heterocycles. The van der Waals surface area contributed by atoms with Gasteiger partial charge in [-0.3, -0.25) is 4.79 Å². The minimum Gasteiger partial charge on any atom is -0.478 e. The first kappa shape index (κ1) is 9.92. The molecule has 0 aliphatic carbocycles. The summed E-state index contributed by atoms with van der Waals surface area (Å²) in [6, 6.07) is 0. The van der Waals surface area contributed by atoms with Crippen LogP contribution >= 0.6 is 24.4 Å². The largest absolute Gasteiger partial charge is 0.478 e. The number of fused-ring (bicyclic) bond motifs is 1. The van der Waals surface area contributed by atoms with Gasteiger partial charge in [-0.25, -0.2) is 4.79 Å². The fourth-order valence-electron chi connectivity index (χ4n) is 1.50. The third-order valence-electron chi connectivity index (χ3n) is 2.31. The quantitative estimate of drug-likeness (QED) is 0.538. The lowest BCUT2D eigenvalue weighted by molar-refractivity contribution is -0.138. The Hall–Kier alpha value is -0.620. The highest BCUT2D eigenvalue weighted by Crippen LogP contribution is 2.40. The van der Waals surface area contributed by atoms with E-state index in [4.69, 9.17) is 5.11 Å². The summed E-state index contributed by atoms with van der Waals surface area (Å²) in [4.78, 5) is 23.4. The maximum atomic E-state index is 11.1. The third-order valence-corrected chi connectivity index (χ3v) is 4.38. The molecule has 1 N–H and O–H groups in total. The Balaban J connectivity index is 2.25. The van der Waals surface area contributed by atoms with Crippen LogP contribution < -0.4 is 0 Å². The van der Waals surface area contributed by atoms with Crippen molar-refractivity contribution in [1.82, 2.24) is 4.90 Å². The van der Waals surface area contributed by atoms with Crippen LogP contribution in [0.1, 0.15) is 6.42 Å². The molecule has 2 aliphatic rings. The number of rotatable bonds is 2. The van der Waals surface area contributed by atoms with Crippen LogP contribution in [0.3, 0.4) is 0 Å². The zero-order valence-electron chi connectivity index (χ0n) is 7.21. The van der Waals surface area contributed by atoms with Gasteiger partial charge in [0.2, 0.25) is 5.91 Å². The molecule has 0 radical (unpaired) electrons. The summed E-state index contributed by atoms with van der Waals surface area (Å²) in [6.45, 7) is 0. The number of carboxylic acids is 1. The van der Waals surface area contributed by atoms with Gasteiger partial charge in [-0.05, 0) is 0 Å². The minimum absolute atomic E-state index is 0.00105. The van der Waals surface area contributed by atoms with Crippen molar-refractivity contribution in [2.75, 3.05) is 5.75 Å². The smallest absolute Gasteiger partial charge is 0.334 e. The molecule has 0 aromatic rings. The second kappa shape index (κ2) is 3.51. The molecule has 2 rings (SSSR count). The van der Waals surface area contributed by atoms with Gasteiger partial charge in [0.25, 0.3) is 0 Å². The van der Waals surface area contributed by atoms with Crippen molar-refractivity contribution in [3.63, 3.8) is 0 Å². The van der Waals surface area contributed by atoms with Crippen LogP contribution in [-0.2, 0) is 9.59 Å². The average molecular weight is 231 g/mol. The van der Waals surface area contributed by atoms with Crippen LogP contribution in [0.5, 0.6) is 0 Å². The fourth-order valence-corrected chi connectivity index (χ4v) is 3.28. The van der Waals surface area contributed by atoms with Crippen LogP contribution in [0, 0.1) is 0 Å². The summed E-state index contributed by atoms with van der Waals surface area (Å²) in [5, 5.41) is 8.92. The van der Waals surface area contributed by atoms with E-state index in [1.165, 1.54) is 22.9 Å². The molecule has 1 amide bonds. The number of aliphatic carboxylic acids is 1. The lowest BCUT2D eigenvalue weighted by atomic mass is 10.1. The minimum atomic E-state index is -0.963. The number of hydrogen-bond acceptors (Lipinski definition) is 4. The standard InChI is InChI=1S/C8H9NO3S2/c10-6-1-7-9(6)2-4(8(11)12)5(3-13)14-7/h2,5,7,13H,1,3H2,(H,11,12)/t5?,7-/m1/s1. The van der Waals surface area contributed by atoms with E-state index < -0.39 is 5.97 Å². The predicted octanol–water partition coefficient (Wildman–Crippen LogP) is 0.558. The Labute approximate surface area is 90.7 Å². The first-order chi connectivity index (χ1) is 6.63. The summed E-state index contributed by atoms with van der Waals surface area (Å²) < 4.78 is 0. The number of thiol groups is 1. The van der Waals surface area contributed by atoms with E-state index in [9.17, 15) is 9.59 Å². The van der Waals surface area contributed by atoms with Gasteiger partial charge in [0.05, 0.1) is 17.4 Å². The van der Waals surface area contributed by atoms with Crippen LogP contribution in [0.25, 0.3) is 0 Å². The van der Waals surface area contributed by atoms with Crippen molar-refractivity contribution < 1.29 is 14.7 Å².